The van der Waals surface area contributed by atoms with Crippen LogP contribution in [0.25, 0.3) is 0 Å². The minimum absolute atomic E-state index is 0.0642. The summed E-state index contributed by atoms with van der Waals surface area (Å²) in [5.41, 5.74) is 3.10. The molecule has 26 heavy (non-hydrogen) atoms. The lowest BCUT2D eigenvalue weighted by Crippen LogP contribution is -2.32. The number of methoxy groups -OCH3 is 1. The van der Waals surface area contributed by atoms with Crippen molar-refractivity contribution in [3.8, 4) is 5.75 Å². The molecule has 0 radical (unpaired) electrons. The standard InChI is InChI=1S/C20H16ClN3O2/c1-26-18-9-8-13(11-17(18)21)23-19-15-6-2-3-7-16(15)20(25)24(19)14-5-4-10-22-12-14/h2-12,19,23H,1H3/t19-/m0/s1. The van der Waals surface area contributed by atoms with Gasteiger partial charge in [-0.25, -0.2) is 0 Å². The Morgan fingerprint density at radius 2 is 2.00 bits per heavy atom. The average Bonchev–Trinajstić information content (AvgIpc) is 2.95. The summed E-state index contributed by atoms with van der Waals surface area (Å²) >= 11 is 6.24. The van der Waals surface area contributed by atoms with Gasteiger partial charge >= 0.3 is 0 Å². The number of fused-ring (bicyclic) bond motifs is 1. The lowest BCUT2D eigenvalue weighted by molar-refractivity contribution is 0.0993. The second-order valence-electron chi connectivity index (χ2n) is 5.87. The van der Waals surface area contributed by atoms with Gasteiger partial charge in [-0.2, -0.15) is 0 Å². The van der Waals surface area contributed by atoms with E-state index in [2.05, 4.69) is 10.3 Å². The van der Waals surface area contributed by atoms with E-state index in [1.165, 1.54) is 0 Å². The van der Waals surface area contributed by atoms with Gasteiger partial charge in [0, 0.05) is 23.0 Å². The number of halogens is 1. The van der Waals surface area contributed by atoms with Crippen molar-refractivity contribution in [3.05, 3.63) is 83.1 Å². The highest BCUT2D eigenvalue weighted by Gasteiger charge is 2.37. The van der Waals surface area contributed by atoms with E-state index in [1.54, 1.807) is 36.5 Å². The predicted molar refractivity (Wildman–Crippen MR) is 102 cm³/mol. The number of pyridine rings is 1. The second kappa shape index (κ2) is 6.69. The average molecular weight is 366 g/mol. The molecule has 1 aliphatic heterocycles. The van der Waals surface area contributed by atoms with Gasteiger partial charge in [-0.3, -0.25) is 14.7 Å². The number of nitrogens with one attached hydrogen (secondary N) is 1. The quantitative estimate of drug-likeness (QED) is 0.738. The SMILES string of the molecule is COc1ccc(N[C@@H]2c3ccccc3C(=O)N2c2cccnc2)cc1Cl. The molecule has 0 saturated heterocycles. The van der Waals surface area contributed by atoms with Crippen LogP contribution in [-0.2, 0) is 0 Å². The highest BCUT2D eigenvalue weighted by molar-refractivity contribution is 6.32. The maximum atomic E-state index is 13.0. The third-order valence-electron chi connectivity index (χ3n) is 4.34. The van der Waals surface area contributed by atoms with Crippen LogP contribution >= 0.6 is 11.6 Å². The van der Waals surface area contributed by atoms with Crippen LogP contribution in [0.3, 0.4) is 0 Å². The van der Waals surface area contributed by atoms with Crippen LogP contribution in [-0.4, -0.2) is 18.0 Å². The molecule has 1 N–H and O–H groups in total. The largest absolute Gasteiger partial charge is 0.495 e. The molecule has 0 saturated carbocycles. The Balaban J connectivity index is 1.75. The number of benzene rings is 2. The fourth-order valence-corrected chi connectivity index (χ4v) is 3.39. The van der Waals surface area contributed by atoms with Gasteiger partial charge in [-0.1, -0.05) is 29.8 Å². The molecule has 0 fully saturated rings. The van der Waals surface area contributed by atoms with Crippen molar-refractivity contribution in [1.29, 1.82) is 0 Å². The van der Waals surface area contributed by atoms with Crippen LogP contribution in [0.4, 0.5) is 11.4 Å². The van der Waals surface area contributed by atoms with E-state index in [-0.39, 0.29) is 12.1 Å². The van der Waals surface area contributed by atoms with Crippen LogP contribution in [0.2, 0.25) is 5.02 Å². The van der Waals surface area contributed by atoms with Crippen LogP contribution in [0.5, 0.6) is 5.75 Å². The van der Waals surface area contributed by atoms with Crippen molar-refractivity contribution < 1.29 is 9.53 Å². The summed E-state index contributed by atoms with van der Waals surface area (Å²) in [5, 5.41) is 3.91. The highest BCUT2D eigenvalue weighted by Crippen LogP contribution is 2.38. The van der Waals surface area contributed by atoms with Crippen LogP contribution < -0.4 is 15.0 Å². The number of carbonyl (C=O) groups excluding carboxylic acids is 1. The van der Waals surface area contributed by atoms with E-state index in [0.717, 1.165) is 16.9 Å². The first-order valence-electron chi connectivity index (χ1n) is 8.11. The summed E-state index contributed by atoms with van der Waals surface area (Å²) in [6, 6.07) is 16.7. The summed E-state index contributed by atoms with van der Waals surface area (Å²) in [6.45, 7) is 0. The lowest BCUT2D eigenvalue weighted by atomic mass is 10.1. The summed E-state index contributed by atoms with van der Waals surface area (Å²) < 4.78 is 5.20. The summed E-state index contributed by atoms with van der Waals surface area (Å²) in [6.07, 6.45) is 3.01. The summed E-state index contributed by atoms with van der Waals surface area (Å²) in [7, 11) is 1.57. The Kier molecular flexibility index (Phi) is 4.22. The molecule has 0 unspecified atom stereocenters. The molecule has 0 aliphatic carbocycles. The Morgan fingerprint density at radius 3 is 2.73 bits per heavy atom. The van der Waals surface area contributed by atoms with Gasteiger partial charge in [-0.15, -0.1) is 0 Å². The van der Waals surface area contributed by atoms with E-state index in [4.69, 9.17) is 16.3 Å². The maximum Gasteiger partial charge on any atom is 0.260 e. The lowest BCUT2D eigenvalue weighted by Gasteiger charge is -2.27. The van der Waals surface area contributed by atoms with Gasteiger partial charge < -0.3 is 10.1 Å². The number of nitrogens with zero attached hydrogens (tertiary/aromatic N) is 2. The van der Waals surface area contributed by atoms with Gasteiger partial charge in [0.05, 0.1) is 24.0 Å². The van der Waals surface area contributed by atoms with Gasteiger partial charge in [0.1, 0.15) is 11.9 Å². The molecule has 2 heterocycles. The van der Waals surface area contributed by atoms with Crippen molar-refractivity contribution in [1.82, 2.24) is 4.98 Å². The molecule has 1 aliphatic rings. The molecule has 1 atom stereocenters. The molecule has 4 rings (SSSR count). The molecule has 1 aromatic heterocycles. The first kappa shape index (κ1) is 16.4. The zero-order chi connectivity index (χ0) is 18.1. The Hall–Kier alpha value is -3.05. The predicted octanol–water partition coefficient (Wildman–Crippen LogP) is 4.51. The van der Waals surface area contributed by atoms with Crippen molar-refractivity contribution in [3.63, 3.8) is 0 Å². The number of rotatable bonds is 4. The van der Waals surface area contributed by atoms with Gasteiger partial charge in [-0.05, 0) is 36.4 Å². The van der Waals surface area contributed by atoms with Gasteiger partial charge in [0.15, 0.2) is 0 Å². The van der Waals surface area contributed by atoms with E-state index < -0.39 is 0 Å². The van der Waals surface area contributed by atoms with Crippen LogP contribution in [0.1, 0.15) is 22.1 Å². The third-order valence-corrected chi connectivity index (χ3v) is 4.64. The highest BCUT2D eigenvalue weighted by atomic mass is 35.5. The molecule has 2 aromatic carbocycles. The monoisotopic (exact) mass is 365 g/mol. The normalized spacial score (nSPS) is 15.7. The van der Waals surface area contributed by atoms with Gasteiger partial charge in [0.25, 0.3) is 5.91 Å². The van der Waals surface area contributed by atoms with Gasteiger partial charge in [0.2, 0.25) is 0 Å². The first-order valence-corrected chi connectivity index (χ1v) is 8.49. The Morgan fingerprint density at radius 1 is 1.15 bits per heavy atom. The zero-order valence-corrected chi connectivity index (χ0v) is 14.8. The number of hydrogen-bond acceptors (Lipinski definition) is 4. The molecule has 130 valence electrons. The number of anilines is 2. The van der Waals surface area contributed by atoms with E-state index >= 15 is 0 Å². The zero-order valence-electron chi connectivity index (χ0n) is 14.0. The first-order chi connectivity index (χ1) is 12.7. The molecule has 1 amide bonds. The molecule has 5 nitrogen and oxygen atoms in total. The van der Waals surface area contributed by atoms with Crippen molar-refractivity contribution >= 4 is 28.9 Å². The number of aromatic nitrogens is 1. The molecule has 3 aromatic rings. The topological polar surface area (TPSA) is 54.5 Å². The number of hydrogen-bond donors (Lipinski definition) is 1. The van der Waals surface area contributed by atoms with Crippen molar-refractivity contribution in [2.75, 3.05) is 17.3 Å². The van der Waals surface area contributed by atoms with E-state index in [0.29, 0.717) is 16.3 Å². The molecule has 0 spiro atoms. The van der Waals surface area contributed by atoms with Crippen molar-refractivity contribution in [2.24, 2.45) is 0 Å². The second-order valence-corrected chi connectivity index (χ2v) is 6.28. The van der Waals surface area contributed by atoms with E-state index in [1.807, 2.05) is 42.5 Å². The number of amides is 1. The van der Waals surface area contributed by atoms with Crippen LogP contribution in [0, 0.1) is 0 Å². The minimum Gasteiger partial charge on any atom is -0.495 e. The molecule has 0 bridgehead atoms. The van der Waals surface area contributed by atoms with Crippen LogP contribution in [0.15, 0.2) is 67.0 Å². The summed E-state index contributed by atoms with van der Waals surface area (Å²) in [4.78, 5) is 18.8. The third kappa shape index (κ3) is 2.76. The molecular weight excluding hydrogens is 350 g/mol. The molecule has 6 heteroatoms. The van der Waals surface area contributed by atoms with E-state index in [9.17, 15) is 4.79 Å². The summed E-state index contributed by atoms with van der Waals surface area (Å²) in [5.74, 6) is 0.537. The minimum atomic E-state index is -0.354. The maximum absolute atomic E-state index is 13.0. The molecular formula is C20H16ClN3O2. The smallest absolute Gasteiger partial charge is 0.260 e. The fourth-order valence-electron chi connectivity index (χ4n) is 3.14. The Bertz CT molecular complexity index is 962. The Labute approximate surface area is 156 Å². The number of ether oxygens (including phenoxy) is 1. The number of carbonyl (C=O) groups is 1. The fraction of sp³-hybridized carbons (Fsp3) is 0.100. The van der Waals surface area contributed by atoms with Crippen molar-refractivity contribution in [2.45, 2.75) is 6.17 Å².